The Morgan fingerprint density at radius 2 is 1.88 bits per heavy atom. The Morgan fingerprint density at radius 1 is 1.24 bits per heavy atom. The summed E-state index contributed by atoms with van der Waals surface area (Å²) in [5.74, 6) is 0.612. The molecule has 4 heteroatoms. The molecule has 1 aliphatic heterocycles. The molecule has 2 N–H and O–H groups in total. The topological polar surface area (TPSA) is 49.3 Å². The van der Waals surface area contributed by atoms with E-state index in [1.165, 1.54) is 0 Å². The van der Waals surface area contributed by atoms with Crippen molar-refractivity contribution in [2.45, 2.75) is 19.3 Å². The fourth-order valence-corrected chi connectivity index (χ4v) is 3.93. The van der Waals surface area contributed by atoms with Gasteiger partial charge >= 0.3 is 0 Å². The van der Waals surface area contributed by atoms with Crippen LogP contribution >= 0.6 is 7.37 Å². The summed E-state index contributed by atoms with van der Waals surface area (Å²) in [6.07, 6.45) is 3.55. The normalized spacial score (nSPS) is 21.0. The third kappa shape index (κ3) is 3.67. The van der Waals surface area contributed by atoms with Gasteiger partial charge in [-0.25, -0.2) is 0 Å². The van der Waals surface area contributed by atoms with Crippen LogP contribution in [0.15, 0.2) is 30.3 Å². The Kier molecular flexibility index (Phi) is 4.38. The van der Waals surface area contributed by atoms with Gasteiger partial charge in [-0.15, -0.1) is 0 Å². The summed E-state index contributed by atoms with van der Waals surface area (Å²) in [6, 6.07) is 9.02. The van der Waals surface area contributed by atoms with E-state index in [2.05, 4.69) is 5.32 Å². The third-order valence-electron chi connectivity index (χ3n) is 3.46. The van der Waals surface area contributed by atoms with Gasteiger partial charge in [0.25, 0.3) is 0 Å². The molecule has 1 aromatic carbocycles. The van der Waals surface area contributed by atoms with Gasteiger partial charge in [-0.3, -0.25) is 4.57 Å². The first-order chi connectivity index (χ1) is 8.18. The first-order valence-corrected chi connectivity index (χ1v) is 8.11. The summed E-state index contributed by atoms with van der Waals surface area (Å²) in [4.78, 5) is 10.1. The molecule has 0 aromatic heterocycles. The van der Waals surface area contributed by atoms with Crippen molar-refractivity contribution in [3.63, 3.8) is 0 Å². The predicted octanol–water partition coefficient (Wildman–Crippen LogP) is 1.97. The smallest absolute Gasteiger partial charge is 0.229 e. The quantitative estimate of drug-likeness (QED) is 0.807. The maximum Gasteiger partial charge on any atom is 0.229 e. The first kappa shape index (κ1) is 12.8. The standard InChI is InChI=1S/C13H20NO2P/c15-17(16,13-4-2-1-3-5-13)11-8-12-6-9-14-10-7-12/h1-5,12,14H,6-11H2,(H,15,16). The molecule has 17 heavy (non-hydrogen) atoms. The predicted molar refractivity (Wildman–Crippen MR) is 71.0 cm³/mol. The van der Waals surface area contributed by atoms with Crippen LogP contribution in [0.5, 0.6) is 0 Å². The third-order valence-corrected chi connectivity index (χ3v) is 5.43. The molecule has 1 atom stereocenters. The molecule has 1 aromatic rings. The largest absolute Gasteiger partial charge is 0.341 e. The van der Waals surface area contributed by atoms with E-state index in [0.717, 1.165) is 32.4 Å². The maximum absolute atomic E-state index is 12.2. The van der Waals surface area contributed by atoms with Crippen molar-refractivity contribution < 1.29 is 9.46 Å². The van der Waals surface area contributed by atoms with Gasteiger partial charge in [-0.1, -0.05) is 18.2 Å². The summed E-state index contributed by atoms with van der Waals surface area (Å²) in [5.41, 5.74) is 0. The lowest BCUT2D eigenvalue weighted by Crippen LogP contribution is -2.28. The summed E-state index contributed by atoms with van der Waals surface area (Å²) < 4.78 is 12.2. The van der Waals surface area contributed by atoms with Crippen LogP contribution in [0.1, 0.15) is 19.3 Å². The Morgan fingerprint density at radius 3 is 2.53 bits per heavy atom. The second kappa shape index (κ2) is 5.81. The Balaban J connectivity index is 1.91. The highest BCUT2D eigenvalue weighted by Gasteiger charge is 2.23. The lowest BCUT2D eigenvalue weighted by Gasteiger charge is -2.23. The molecule has 0 bridgehead atoms. The van der Waals surface area contributed by atoms with E-state index in [1.54, 1.807) is 12.1 Å². The van der Waals surface area contributed by atoms with Gasteiger partial charge in [0.2, 0.25) is 7.37 Å². The zero-order valence-electron chi connectivity index (χ0n) is 10.0. The van der Waals surface area contributed by atoms with Crippen LogP contribution in [-0.2, 0) is 4.57 Å². The number of piperidine rings is 1. The fraction of sp³-hybridized carbons (Fsp3) is 0.538. The zero-order valence-corrected chi connectivity index (χ0v) is 10.9. The highest BCUT2D eigenvalue weighted by Crippen LogP contribution is 2.41. The zero-order chi connectivity index (χ0) is 12.1. The van der Waals surface area contributed by atoms with Crippen molar-refractivity contribution in [1.29, 1.82) is 0 Å². The molecule has 0 saturated carbocycles. The van der Waals surface area contributed by atoms with E-state index in [4.69, 9.17) is 0 Å². The Bertz CT molecular complexity index is 388. The average Bonchev–Trinajstić information content (AvgIpc) is 2.39. The molecule has 3 nitrogen and oxygen atoms in total. The van der Waals surface area contributed by atoms with Gasteiger partial charge in [0.05, 0.1) is 0 Å². The van der Waals surface area contributed by atoms with Crippen molar-refractivity contribution in [2.24, 2.45) is 5.92 Å². The molecule has 2 rings (SSSR count). The summed E-state index contributed by atoms with van der Waals surface area (Å²) in [7, 11) is -3.13. The Labute approximate surface area is 103 Å². The Hall–Kier alpha value is -0.630. The van der Waals surface area contributed by atoms with Gasteiger partial charge < -0.3 is 10.2 Å². The summed E-state index contributed by atoms with van der Waals surface area (Å²) in [5, 5.41) is 3.90. The average molecular weight is 253 g/mol. The van der Waals surface area contributed by atoms with E-state index in [0.29, 0.717) is 17.4 Å². The van der Waals surface area contributed by atoms with Crippen LogP contribution in [0.3, 0.4) is 0 Å². The molecule has 0 aliphatic carbocycles. The van der Waals surface area contributed by atoms with E-state index < -0.39 is 7.37 Å². The monoisotopic (exact) mass is 253 g/mol. The van der Waals surface area contributed by atoms with Gasteiger partial charge in [0, 0.05) is 11.5 Å². The van der Waals surface area contributed by atoms with Gasteiger partial charge in [0.15, 0.2) is 0 Å². The molecule has 0 amide bonds. The van der Waals surface area contributed by atoms with E-state index in [-0.39, 0.29) is 0 Å². The van der Waals surface area contributed by atoms with E-state index in [9.17, 15) is 9.46 Å². The van der Waals surface area contributed by atoms with Crippen LogP contribution < -0.4 is 10.6 Å². The number of nitrogens with one attached hydrogen (secondary N) is 1. The molecule has 94 valence electrons. The molecule has 1 fully saturated rings. The molecular formula is C13H20NO2P. The second-order valence-electron chi connectivity index (χ2n) is 4.74. The minimum Gasteiger partial charge on any atom is -0.341 e. The lowest BCUT2D eigenvalue weighted by molar-refractivity contribution is 0.362. The summed E-state index contributed by atoms with van der Waals surface area (Å²) >= 11 is 0. The van der Waals surface area contributed by atoms with Crippen LogP contribution in [0.2, 0.25) is 0 Å². The molecule has 1 heterocycles. The van der Waals surface area contributed by atoms with Gasteiger partial charge in [-0.05, 0) is 50.4 Å². The van der Waals surface area contributed by atoms with Gasteiger partial charge in [-0.2, -0.15) is 0 Å². The minimum atomic E-state index is -3.13. The fourth-order valence-electron chi connectivity index (χ4n) is 2.32. The SMILES string of the molecule is O=P(O)(CCC1CCNCC1)c1ccccc1. The van der Waals surface area contributed by atoms with Crippen LogP contribution in [0.25, 0.3) is 0 Å². The van der Waals surface area contributed by atoms with Crippen LogP contribution in [0, 0.1) is 5.92 Å². The molecule has 0 radical (unpaired) electrons. The number of benzene rings is 1. The van der Waals surface area contributed by atoms with Crippen molar-refractivity contribution >= 4 is 12.7 Å². The van der Waals surface area contributed by atoms with Gasteiger partial charge in [0.1, 0.15) is 0 Å². The molecule has 1 unspecified atom stereocenters. The highest BCUT2D eigenvalue weighted by atomic mass is 31.2. The van der Waals surface area contributed by atoms with Crippen molar-refractivity contribution in [3.8, 4) is 0 Å². The summed E-state index contributed by atoms with van der Waals surface area (Å²) in [6.45, 7) is 2.09. The number of rotatable bonds is 4. The van der Waals surface area contributed by atoms with Crippen LogP contribution in [0.4, 0.5) is 0 Å². The molecule has 1 aliphatic rings. The van der Waals surface area contributed by atoms with E-state index in [1.807, 2.05) is 18.2 Å². The number of hydrogen-bond donors (Lipinski definition) is 2. The molecule has 1 saturated heterocycles. The minimum absolute atomic E-state index is 0.418. The maximum atomic E-state index is 12.2. The molecule has 0 spiro atoms. The van der Waals surface area contributed by atoms with E-state index >= 15 is 0 Å². The van der Waals surface area contributed by atoms with Crippen molar-refractivity contribution in [3.05, 3.63) is 30.3 Å². The van der Waals surface area contributed by atoms with Crippen LogP contribution in [-0.4, -0.2) is 24.1 Å². The lowest BCUT2D eigenvalue weighted by atomic mass is 9.96. The first-order valence-electron chi connectivity index (χ1n) is 6.26. The second-order valence-corrected chi connectivity index (χ2v) is 7.11. The van der Waals surface area contributed by atoms with Crippen molar-refractivity contribution in [1.82, 2.24) is 5.32 Å². The highest BCUT2D eigenvalue weighted by molar-refractivity contribution is 7.66. The molecular weight excluding hydrogens is 233 g/mol. The van der Waals surface area contributed by atoms with Crippen molar-refractivity contribution in [2.75, 3.05) is 19.3 Å². The number of hydrogen-bond acceptors (Lipinski definition) is 2.